The molecule has 20 heavy (non-hydrogen) atoms. The van der Waals surface area contributed by atoms with E-state index in [9.17, 15) is 0 Å². The number of allylic oxidation sites excluding steroid dienone is 9. The van der Waals surface area contributed by atoms with Crippen LogP contribution in [0.3, 0.4) is 0 Å². The van der Waals surface area contributed by atoms with Gasteiger partial charge in [0.2, 0.25) is 0 Å². The first-order chi connectivity index (χ1) is 9.86. The highest BCUT2D eigenvalue weighted by molar-refractivity contribution is 6.06. The van der Waals surface area contributed by atoms with Crippen LogP contribution >= 0.6 is 0 Å². The molecule has 0 radical (unpaired) electrons. The Balaban J connectivity index is 2.29. The molecule has 100 valence electrons. The predicted molar refractivity (Wildman–Crippen MR) is 88.3 cm³/mol. The van der Waals surface area contributed by atoms with Gasteiger partial charge in [0.15, 0.2) is 0 Å². The zero-order valence-corrected chi connectivity index (χ0v) is 12.0. The molecule has 0 atom stereocenters. The summed E-state index contributed by atoms with van der Waals surface area (Å²) in [6.07, 6.45) is 14.4. The lowest BCUT2D eigenvalue weighted by Crippen LogP contribution is -1.89. The van der Waals surface area contributed by atoms with Crippen LogP contribution in [0.4, 0.5) is 0 Å². The predicted octanol–water partition coefficient (Wildman–Crippen LogP) is 5.71. The van der Waals surface area contributed by atoms with Crippen molar-refractivity contribution in [3.8, 4) is 0 Å². The Morgan fingerprint density at radius 2 is 1.95 bits per heavy atom. The maximum absolute atomic E-state index is 3.80. The molecule has 0 aromatic heterocycles. The maximum atomic E-state index is 3.80. The van der Waals surface area contributed by atoms with Crippen molar-refractivity contribution in [1.29, 1.82) is 0 Å². The summed E-state index contributed by atoms with van der Waals surface area (Å²) in [6.45, 7) is 5.96. The highest BCUT2D eigenvalue weighted by atomic mass is 14.3. The number of hydrogen-bond donors (Lipinski definition) is 0. The van der Waals surface area contributed by atoms with E-state index in [0.29, 0.717) is 0 Å². The molecular weight excluding hydrogens is 240 g/mol. The van der Waals surface area contributed by atoms with Gasteiger partial charge in [0.05, 0.1) is 0 Å². The Morgan fingerprint density at radius 3 is 2.70 bits per heavy atom. The second kappa shape index (κ2) is 5.50. The monoisotopic (exact) mass is 260 g/mol. The third-order valence-corrected chi connectivity index (χ3v) is 4.11. The van der Waals surface area contributed by atoms with Gasteiger partial charge >= 0.3 is 0 Å². The van der Waals surface area contributed by atoms with Crippen LogP contribution in [0.2, 0.25) is 0 Å². The first-order valence-corrected chi connectivity index (χ1v) is 7.36. The Kier molecular flexibility index (Phi) is 3.56. The van der Waals surface area contributed by atoms with Crippen LogP contribution in [0.15, 0.2) is 72.4 Å². The third kappa shape index (κ3) is 2.02. The molecule has 0 unspecified atom stereocenters. The first kappa shape index (κ1) is 12.9. The molecule has 0 bridgehead atoms. The van der Waals surface area contributed by atoms with Crippen LogP contribution < -0.4 is 0 Å². The lowest BCUT2D eigenvalue weighted by molar-refractivity contribution is 0.853. The Labute approximate surface area is 121 Å². The summed E-state index contributed by atoms with van der Waals surface area (Å²) >= 11 is 0. The fraction of sp³-hybridized carbons (Fsp3) is 0.200. The fourth-order valence-corrected chi connectivity index (χ4v) is 3.22. The molecular formula is C20H20. The van der Waals surface area contributed by atoms with E-state index in [1.165, 1.54) is 52.7 Å². The number of fused-ring (bicyclic) bond motifs is 3. The summed E-state index contributed by atoms with van der Waals surface area (Å²) in [5.41, 5.74) is 8.43. The first-order valence-electron chi connectivity index (χ1n) is 7.36. The Bertz CT molecular complexity index is 663. The van der Waals surface area contributed by atoms with Crippen molar-refractivity contribution in [2.24, 2.45) is 0 Å². The minimum absolute atomic E-state index is 1.17. The van der Waals surface area contributed by atoms with Crippen molar-refractivity contribution < 1.29 is 0 Å². The summed E-state index contributed by atoms with van der Waals surface area (Å²) < 4.78 is 0. The van der Waals surface area contributed by atoms with Gasteiger partial charge in [-0.3, -0.25) is 0 Å². The van der Waals surface area contributed by atoms with Crippen molar-refractivity contribution in [3.05, 3.63) is 83.5 Å². The van der Waals surface area contributed by atoms with Gasteiger partial charge in [-0.05, 0) is 59.6 Å². The second-order valence-electron chi connectivity index (χ2n) is 5.25. The summed E-state index contributed by atoms with van der Waals surface area (Å²) in [4.78, 5) is 0. The molecule has 0 N–H and O–H groups in total. The fourth-order valence-electron chi connectivity index (χ4n) is 3.22. The molecule has 0 amide bonds. The maximum Gasteiger partial charge on any atom is -0.00733 e. The molecule has 1 aromatic rings. The molecule has 0 aliphatic heterocycles. The zero-order valence-electron chi connectivity index (χ0n) is 12.0. The minimum Gasteiger partial charge on any atom is -0.0991 e. The molecule has 1 aromatic carbocycles. The third-order valence-electron chi connectivity index (χ3n) is 4.11. The van der Waals surface area contributed by atoms with Crippen LogP contribution in [0.5, 0.6) is 0 Å². The van der Waals surface area contributed by atoms with Crippen LogP contribution in [-0.4, -0.2) is 0 Å². The van der Waals surface area contributed by atoms with Gasteiger partial charge in [0.1, 0.15) is 0 Å². The normalized spacial score (nSPS) is 19.9. The van der Waals surface area contributed by atoms with Gasteiger partial charge in [-0.25, -0.2) is 0 Å². The van der Waals surface area contributed by atoms with Crippen molar-refractivity contribution in [1.82, 2.24) is 0 Å². The highest BCUT2D eigenvalue weighted by Gasteiger charge is 2.27. The van der Waals surface area contributed by atoms with E-state index in [0.717, 1.165) is 0 Å². The van der Waals surface area contributed by atoms with Crippen molar-refractivity contribution in [2.75, 3.05) is 0 Å². The Morgan fingerprint density at radius 1 is 1.15 bits per heavy atom. The summed E-state index contributed by atoms with van der Waals surface area (Å²) in [5.74, 6) is 0. The van der Waals surface area contributed by atoms with Crippen LogP contribution in [0, 0.1) is 0 Å². The number of hydrogen-bond acceptors (Lipinski definition) is 0. The van der Waals surface area contributed by atoms with Gasteiger partial charge < -0.3 is 0 Å². The topological polar surface area (TPSA) is 0 Å². The Hall–Kier alpha value is -2.08. The van der Waals surface area contributed by atoms with Crippen LogP contribution in [-0.2, 0) is 0 Å². The van der Waals surface area contributed by atoms with E-state index in [4.69, 9.17) is 0 Å². The minimum atomic E-state index is 1.17. The molecule has 3 rings (SSSR count). The molecule has 0 saturated carbocycles. The number of rotatable bonds is 2. The standard InChI is InChI=1S/C20H20/c1-3-5-11-18-16-12-8-9-13-17(16)19-14-7-6-10-15(4-2)20(18)19/h3-5,8-9,11-14H,1,6-7,10H2,2H3/b11-5-,15-4-. The SMILES string of the molecule is C=C/C=C\C1=C2C(=CCCC/C2=C/C)c2ccccc21. The van der Waals surface area contributed by atoms with Gasteiger partial charge in [0, 0.05) is 0 Å². The smallest absolute Gasteiger partial charge is 0.00733 e. The molecule has 0 heterocycles. The van der Waals surface area contributed by atoms with Crippen LogP contribution in [0.25, 0.3) is 11.1 Å². The van der Waals surface area contributed by atoms with E-state index in [1.807, 2.05) is 12.2 Å². The molecule has 0 heteroatoms. The van der Waals surface area contributed by atoms with E-state index < -0.39 is 0 Å². The summed E-state index contributed by atoms with van der Waals surface area (Å²) in [6, 6.07) is 8.74. The van der Waals surface area contributed by atoms with Crippen LogP contribution in [0.1, 0.15) is 37.3 Å². The molecule has 0 spiro atoms. The average Bonchev–Trinajstić information content (AvgIpc) is 2.65. The molecule has 0 saturated heterocycles. The second-order valence-corrected chi connectivity index (χ2v) is 5.25. The van der Waals surface area contributed by atoms with E-state index in [2.05, 4.69) is 56.0 Å². The van der Waals surface area contributed by atoms with Gasteiger partial charge in [-0.1, -0.05) is 61.2 Å². The van der Waals surface area contributed by atoms with Crippen molar-refractivity contribution >= 4 is 11.1 Å². The largest absolute Gasteiger partial charge is 0.0991 e. The van der Waals surface area contributed by atoms with Gasteiger partial charge in [-0.2, -0.15) is 0 Å². The molecule has 0 nitrogen and oxygen atoms in total. The molecule has 0 fully saturated rings. The van der Waals surface area contributed by atoms with Crippen molar-refractivity contribution in [2.45, 2.75) is 26.2 Å². The summed E-state index contributed by atoms with van der Waals surface area (Å²) in [7, 11) is 0. The molecule has 2 aliphatic rings. The van der Waals surface area contributed by atoms with E-state index in [1.54, 1.807) is 0 Å². The van der Waals surface area contributed by atoms with Gasteiger partial charge in [-0.15, -0.1) is 0 Å². The lowest BCUT2D eigenvalue weighted by Gasteiger charge is -2.09. The summed E-state index contributed by atoms with van der Waals surface area (Å²) in [5, 5.41) is 0. The zero-order chi connectivity index (χ0) is 13.9. The van der Waals surface area contributed by atoms with Crippen molar-refractivity contribution in [3.63, 3.8) is 0 Å². The quantitative estimate of drug-likeness (QED) is 0.597. The molecule has 2 aliphatic carbocycles. The number of benzene rings is 1. The van der Waals surface area contributed by atoms with Gasteiger partial charge in [0.25, 0.3) is 0 Å². The van der Waals surface area contributed by atoms with E-state index in [-0.39, 0.29) is 0 Å². The van der Waals surface area contributed by atoms with E-state index >= 15 is 0 Å². The average molecular weight is 260 g/mol. The highest BCUT2D eigenvalue weighted by Crippen LogP contribution is 2.47. The lowest BCUT2D eigenvalue weighted by atomic mass is 9.95.